The zero-order chi connectivity index (χ0) is 14.2. The van der Waals surface area contributed by atoms with Crippen LogP contribution in [0.15, 0.2) is 18.2 Å². The van der Waals surface area contributed by atoms with E-state index >= 15 is 0 Å². The zero-order valence-electron chi connectivity index (χ0n) is 10.9. The van der Waals surface area contributed by atoms with Crippen LogP contribution in [0.1, 0.15) is 36.5 Å². The van der Waals surface area contributed by atoms with Crippen molar-refractivity contribution in [2.45, 2.75) is 38.9 Å². The van der Waals surface area contributed by atoms with Gasteiger partial charge in [0.1, 0.15) is 0 Å². The average Bonchev–Trinajstić information content (AvgIpc) is 2.35. The fraction of sp³-hybridized carbons (Fsp3) is 0.500. The van der Waals surface area contributed by atoms with Gasteiger partial charge >= 0.3 is 12.1 Å². The summed E-state index contributed by atoms with van der Waals surface area (Å²) in [6, 6.07) is 5.88. The fourth-order valence-corrected chi connectivity index (χ4v) is 2.29. The first-order chi connectivity index (χ1) is 8.79. The van der Waals surface area contributed by atoms with Crippen LogP contribution in [0, 0.1) is 0 Å². The van der Waals surface area contributed by atoms with Crippen LogP contribution in [0.2, 0.25) is 0 Å². The molecule has 1 aliphatic heterocycles. The number of carbonyl (C=O) groups excluding carboxylic acids is 1. The molecular formula is C14H16F3NO. The lowest BCUT2D eigenvalue weighted by atomic mass is 9.93. The monoisotopic (exact) mass is 271 g/mol. The molecule has 2 nitrogen and oxygen atoms in total. The lowest BCUT2D eigenvalue weighted by molar-refractivity contribution is -0.186. The van der Waals surface area contributed by atoms with Crippen molar-refractivity contribution in [2.24, 2.45) is 0 Å². The highest BCUT2D eigenvalue weighted by Crippen LogP contribution is 2.27. The molecule has 0 N–H and O–H groups in total. The number of hydrogen-bond donors (Lipinski definition) is 0. The second-order valence-corrected chi connectivity index (χ2v) is 5.16. The maximum Gasteiger partial charge on any atom is 0.471 e. The van der Waals surface area contributed by atoms with Gasteiger partial charge in [0, 0.05) is 13.1 Å². The van der Waals surface area contributed by atoms with Crippen molar-refractivity contribution in [1.82, 2.24) is 4.90 Å². The van der Waals surface area contributed by atoms with E-state index in [4.69, 9.17) is 0 Å². The van der Waals surface area contributed by atoms with Gasteiger partial charge in [-0.2, -0.15) is 13.2 Å². The van der Waals surface area contributed by atoms with Crippen molar-refractivity contribution < 1.29 is 18.0 Å². The Balaban J connectivity index is 2.23. The third-order valence-electron chi connectivity index (χ3n) is 3.44. The number of alkyl halides is 3. The quantitative estimate of drug-likeness (QED) is 0.767. The maximum atomic E-state index is 12.4. The van der Waals surface area contributed by atoms with Gasteiger partial charge in [-0.25, -0.2) is 0 Å². The number of carbonyl (C=O) groups is 1. The molecule has 0 unspecified atom stereocenters. The van der Waals surface area contributed by atoms with E-state index in [1.54, 1.807) is 0 Å². The second-order valence-electron chi connectivity index (χ2n) is 5.16. The predicted molar refractivity (Wildman–Crippen MR) is 65.7 cm³/mol. The van der Waals surface area contributed by atoms with Crippen molar-refractivity contribution in [2.75, 3.05) is 6.54 Å². The summed E-state index contributed by atoms with van der Waals surface area (Å²) in [5, 5.41) is 0. The summed E-state index contributed by atoms with van der Waals surface area (Å²) in [4.78, 5) is 12.1. The Morgan fingerprint density at radius 2 is 1.95 bits per heavy atom. The number of halogens is 3. The molecule has 1 heterocycles. The van der Waals surface area contributed by atoms with Crippen LogP contribution in [-0.2, 0) is 17.8 Å². The topological polar surface area (TPSA) is 20.3 Å². The number of benzene rings is 1. The molecule has 1 aromatic carbocycles. The van der Waals surface area contributed by atoms with E-state index in [0.717, 1.165) is 21.6 Å². The summed E-state index contributed by atoms with van der Waals surface area (Å²) in [5.74, 6) is -1.42. The molecule has 0 atom stereocenters. The molecule has 2 rings (SSSR count). The van der Waals surface area contributed by atoms with Crippen LogP contribution >= 0.6 is 0 Å². The first-order valence-electron chi connectivity index (χ1n) is 6.27. The van der Waals surface area contributed by atoms with Gasteiger partial charge in [0.05, 0.1) is 0 Å². The Bertz CT molecular complexity index is 494. The van der Waals surface area contributed by atoms with Crippen molar-refractivity contribution in [1.29, 1.82) is 0 Å². The summed E-state index contributed by atoms with van der Waals surface area (Å²) in [7, 11) is 0. The molecule has 0 fully saturated rings. The SMILES string of the molecule is CC(C)c1ccc2c(c1)CN(C(=O)C(F)(F)F)CC2. The van der Waals surface area contributed by atoms with Crippen molar-refractivity contribution >= 4 is 5.91 Å². The van der Waals surface area contributed by atoms with Crippen LogP contribution < -0.4 is 0 Å². The Morgan fingerprint density at radius 1 is 1.26 bits per heavy atom. The normalized spacial score (nSPS) is 15.6. The minimum Gasteiger partial charge on any atom is -0.330 e. The van der Waals surface area contributed by atoms with Crippen LogP contribution in [0.3, 0.4) is 0 Å². The van der Waals surface area contributed by atoms with Crippen molar-refractivity contribution in [3.63, 3.8) is 0 Å². The van der Waals surface area contributed by atoms with Crippen LogP contribution in [-0.4, -0.2) is 23.5 Å². The Labute approximate surface area is 110 Å². The lowest BCUT2D eigenvalue weighted by Gasteiger charge is -2.30. The fourth-order valence-electron chi connectivity index (χ4n) is 2.29. The van der Waals surface area contributed by atoms with Gasteiger partial charge in [-0.15, -0.1) is 0 Å². The minimum absolute atomic E-state index is 0.0498. The highest BCUT2D eigenvalue weighted by molar-refractivity contribution is 5.82. The Hall–Kier alpha value is -1.52. The van der Waals surface area contributed by atoms with Gasteiger partial charge in [0.25, 0.3) is 0 Å². The molecule has 0 aliphatic carbocycles. The highest BCUT2D eigenvalue weighted by Gasteiger charge is 2.43. The Morgan fingerprint density at radius 3 is 2.53 bits per heavy atom. The molecule has 0 spiro atoms. The lowest BCUT2D eigenvalue weighted by Crippen LogP contribution is -2.43. The van der Waals surface area contributed by atoms with Gasteiger partial charge in [-0.3, -0.25) is 4.79 Å². The molecule has 19 heavy (non-hydrogen) atoms. The number of nitrogens with zero attached hydrogens (tertiary/aromatic N) is 1. The average molecular weight is 271 g/mol. The smallest absolute Gasteiger partial charge is 0.330 e. The number of amides is 1. The summed E-state index contributed by atoms with van der Waals surface area (Å²) < 4.78 is 37.3. The standard InChI is InChI=1S/C14H16F3NO/c1-9(2)11-4-3-10-5-6-18(8-12(10)7-11)13(19)14(15,16)17/h3-4,7,9H,5-6,8H2,1-2H3. The molecule has 1 aliphatic rings. The van der Waals surface area contributed by atoms with E-state index in [1.165, 1.54) is 0 Å². The first-order valence-corrected chi connectivity index (χ1v) is 6.27. The maximum absolute atomic E-state index is 12.4. The molecule has 0 radical (unpaired) electrons. The molecule has 5 heteroatoms. The van der Waals surface area contributed by atoms with Crippen LogP contribution in [0.25, 0.3) is 0 Å². The summed E-state index contributed by atoms with van der Waals surface area (Å²) in [5.41, 5.74) is 2.95. The van der Waals surface area contributed by atoms with Crippen LogP contribution in [0.5, 0.6) is 0 Å². The highest BCUT2D eigenvalue weighted by atomic mass is 19.4. The van der Waals surface area contributed by atoms with Gasteiger partial charge in [-0.1, -0.05) is 32.0 Å². The van der Waals surface area contributed by atoms with Gasteiger partial charge in [0.2, 0.25) is 0 Å². The molecule has 1 amide bonds. The van der Waals surface area contributed by atoms with Crippen molar-refractivity contribution in [3.8, 4) is 0 Å². The molecule has 104 valence electrons. The van der Waals surface area contributed by atoms with E-state index in [2.05, 4.69) is 0 Å². The second kappa shape index (κ2) is 4.87. The van der Waals surface area contributed by atoms with E-state index in [9.17, 15) is 18.0 Å². The summed E-state index contributed by atoms with van der Waals surface area (Å²) in [6.45, 7) is 4.24. The van der Waals surface area contributed by atoms with Gasteiger partial charge < -0.3 is 4.90 Å². The van der Waals surface area contributed by atoms with E-state index in [0.29, 0.717) is 12.3 Å². The molecule has 0 saturated carbocycles. The minimum atomic E-state index is -4.78. The zero-order valence-corrected chi connectivity index (χ0v) is 10.9. The third-order valence-corrected chi connectivity index (χ3v) is 3.44. The molecule has 0 aromatic heterocycles. The molecule has 1 aromatic rings. The predicted octanol–water partition coefficient (Wildman–Crippen LogP) is 3.26. The summed E-state index contributed by atoms with van der Waals surface area (Å²) >= 11 is 0. The van der Waals surface area contributed by atoms with Gasteiger partial charge in [0.15, 0.2) is 0 Å². The van der Waals surface area contributed by atoms with E-state index in [-0.39, 0.29) is 13.1 Å². The van der Waals surface area contributed by atoms with Crippen molar-refractivity contribution in [3.05, 3.63) is 34.9 Å². The largest absolute Gasteiger partial charge is 0.471 e. The van der Waals surface area contributed by atoms with E-state index in [1.807, 2.05) is 32.0 Å². The van der Waals surface area contributed by atoms with E-state index < -0.39 is 12.1 Å². The van der Waals surface area contributed by atoms with Crippen LogP contribution in [0.4, 0.5) is 13.2 Å². The number of hydrogen-bond acceptors (Lipinski definition) is 1. The molecular weight excluding hydrogens is 255 g/mol. The van der Waals surface area contributed by atoms with Gasteiger partial charge in [-0.05, 0) is 29.0 Å². The third kappa shape index (κ3) is 2.91. The molecule has 0 saturated heterocycles. The number of fused-ring (bicyclic) bond motifs is 1. The molecule has 0 bridgehead atoms. The Kier molecular flexibility index (Phi) is 3.56. The first kappa shape index (κ1) is 13.9. The number of rotatable bonds is 1. The summed E-state index contributed by atoms with van der Waals surface area (Å²) in [6.07, 6.45) is -4.30.